The van der Waals surface area contributed by atoms with Crippen molar-refractivity contribution in [3.8, 4) is 5.82 Å². The van der Waals surface area contributed by atoms with Gasteiger partial charge in [-0.2, -0.15) is 9.78 Å². The predicted octanol–water partition coefficient (Wildman–Crippen LogP) is -0.386. The van der Waals surface area contributed by atoms with E-state index in [0.717, 1.165) is 5.56 Å². The number of aromatic nitrogens is 6. The second kappa shape index (κ2) is 8.75. The van der Waals surface area contributed by atoms with Crippen molar-refractivity contribution in [2.75, 3.05) is 32.0 Å². The Morgan fingerprint density at radius 3 is 2.87 bits per heavy atom. The van der Waals surface area contributed by atoms with Crippen LogP contribution in [0.1, 0.15) is 28.7 Å². The molecule has 1 amide bonds. The van der Waals surface area contributed by atoms with Crippen LogP contribution < -0.4 is 11.2 Å². The van der Waals surface area contributed by atoms with E-state index in [2.05, 4.69) is 45.7 Å². The molecule has 0 bridgehead atoms. The van der Waals surface area contributed by atoms with E-state index < -0.39 is 5.91 Å². The van der Waals surface area contributed by atoms with Crippen LogP contribution in [-0.4, -0.2) is 73.1 Å². The second-order valence-corrected chi connectivity index (χ2v) is 6.54. The Labute approximate surface area is 170 Å². The van der Waals surface area contributed by atoms with Crippen LogP contribution in [0.5, 0.6) is 0 Å². The Hall–Kier alpha value is -3.71. The van der Waals surface area contributed by atoms with Crippen LogP contribution in [-0.2, 0) is 11.3 Å². The van der Waals surface area contributed by atoms with Gasteiger partial charge in [0.15, 0.2) is 5.69 Å². The molecule has 0 spiro atoms. The number of amides is 1. The molecule has 4 rings (SSSR count). The van der Waals surface area contributed by atoms with Gasteiger partial charge >= 0.3 is 0 Å². The molecular weight excluding hydrogens is 392 g/mol. The number of pyridine rings is 1. The Morgan fingerprint density at radius 2 is 2.17 bits per heavy atom. The summed E-state index contributed by atoms with van der Waals surface area (Å²) in [6.45, 7) is 4.77. The van der Waals surface area contributed by atoms with Gasteiger partial charge in [-0.05, 0) is 23.3 Å². The molecule has 0 aromatic carbocycles. The number of hydrogen-bond donors (Lipinski definition) is 2. The molecule has 0 radical (unpaired) electrons. The molecular formula is C17H20N10O3. The summed E-state index contributed by atoms with van der Waals surface area (Å²) in [6.07, 6.45) is 3.32. The van der Waals surface area contributed by atoms with E-state index in [1.54, 1.807) is 25.4 Å². The van der Waals surface area contributed by atoms with Gasteiger partial charge < -0.3 is 10.5 Å². The van der Waals surface area contributed by atoms with Gasteiger partial charge in [0.25, 0.3) is 5.91 Å². The maximum atomic E-state index is 12.8. The first-order valence-electron chi connectivity index (χ1n) is 9.21. The van der Waals surface area contributed by atoms with Crippen molar-refractivity contribution in [1.29, 1.82) is 0 Å². The molecule has 1 aliphatic heterocycles. The van der Waals surface area contributed by atoms with Crippen LogP contribution in [0.2, 0.25) is 0 Å². The van der Waals surface area contributed by atoms with Crippen LogP contribution >= 0.6 is 0 Å². The molecule has 1 saturated heterocycles. The lowest BCUT2D eigenvalue weighted by Crippen LogP contribution is -2.37. The number of ether oxygens (including phenoxy) is 1. The van der Waals surface area contributed by atoms with E-state index in [9.17, 15) is 4.79 Å². The van der Waals surface area contributed by atoms with Gasteiger partial charge in [0.1, 0.15) is 0 Å². The van der Waals surface area contributed by atoms with Gasteiger partial charge in [-0.15, -0.1) is 5.10 Å². The number of nitrogens with two attached hydrogens (primary N) is 1. The Balaban J connectivity index is 1.61. The molecule has 1 fully saturated rings. The lowest BCUT2D eigenvalue weighted by atomic mass is 10.2. The van der Waals surface area contributed by atoms with Crippen LogP contribution in [0.4, 0.5) is 5.82 Å². The number of carbonyl (C=O) groups excluding carboxylic acids is 1. The lowest BCUT2D eigenvalue weighted by molar-refractivity contribution is 0.0332. The number of nitrogen functional groups attached to an aromatic ring is 1. The van der Waals surface area contributed by atoms with Crippen LogP contribution in [0.3, 0.4) is 0 Å². The number of rotatable bonds is 6. The third-order valence-electron chi connectivity index (χ3n) is 4.56. The summed E-state index contributed by atoms with van der Waals surface area (Å²) in [4.78, 5) is 19.0. The highest BCUT2D eigenvalue weighted by atomic mass is 16.6. The van der Waals surface area contributed by atoms with E-state index in [0.29, 0.717) is 44.3 Å². The van der Waals surface area contributed by atoms with Crippen molar-refractivity contribution in [3.05, 3.63) is 41.5 Å². The summed E-state index contributed by atoms with van der Waals surface area (Å²) < 4.78 is 11.4. The minimum Gasteiger partial charge on any atom is -0.379 e. The quantitative estimate of drug-likeness (QED) is 0.403. The third kappa shape index (κ3) is 4.16. The smallest absolute Gasteiger partial charge is 0.293 e. The first-order chi connectivity index (χ1) is 14.6. The number of hydrazone groups is 1. The molecule has 13 nitrogen and oxygen atoms in total. The Morgan fingerprint density at radius 1 is 1.33 bits per heavy atom. The molecule has 13 heteroatoms. The summed E-state index contributed by atoms with van der Waals surface area (Å²) in [5.41, 5.74) is 10.3. The fourth-order valence-electron chi connectivity index (χ4n) is 2.93. The first kappa shape index (κ1) is 19.6. The zero-order valence-electron chi connectivity index (χ0n) is 16.2. The van der Waals surface area contributed by atoms with Gasteiger partial charge in [0.05, 0.1) is 24.6 Å². The molecule has 30 heavy (non-hydrogen) atoms. The van der Waals surface area contributed by atoms with Crippen LogP contribution in [0, 0.1) is 0 Å². The number of morpholine rings is 1. The van der Waals surface area contributed by atoms with Crippen LogP contribution in [0.15, 0.2) is 34.3 Å². The van der Waals surface area contributed by atoms with E-state index in [-0.39, 0.29) is 17.3 Å². The topological polar surface area (TPSA) is 162 Å². The highest BCUT2D eigenvalue weighted by Crippen LogP contribution is 2.18. The largest absolute Gasteiger partial charge is 0.379 e. The Bertz CT molecular complexity index is 1040. The maximum Gasteiger partial charge on any atom is 0.293 e. The van der Waals surface area contributed by atoms with Crippen molar-refractivity contribution in [2.45, 2.75) is 13.5 Å². The average Bonchev–Trinajstić information content (AvgIpc) is 3.39. The monoisotopic (exact) mass is 412 g/mol. The second-order valence-electron chi connectivity index (χ2n) is 6.54. The van der Waals surface area contributed by atoms with E-state index >= 15 is 0 Å². The standard InChI is InChI=1S/C17H20N10O3/c1-11(12-3-2-4-19-9-12)20-22-17(28)14-13(10-26-5-7-29-8-6-26)27(25-21-14)16-15(18)23-30-24-16/h2-4,9H,5-8,10H2,1H3,(H2,18,23)(H,22,28)/b20-11+. The van der Waals surface area contributed by atoms with Gasteiger partial charge in [0.2, 0.25) is 11.6 Å². The highest BCUT2D eigenvalue weighted by molar-refractivity contribution is 6.00. The Kier molecular flexibility index (Phi) is 5.72. The summed E-state index contributed by atoms with van der Waals surface area (Å²) in [6, 6.07) is 3.64. The third-order valence-corrected chi connectivity index (χ3v) is 4.56. The van der Waals surface area contributed by atoms with E-state index in [1.165, 1.54) is 4.68 Å². The zero-order valence-corrected chi connectivity index (χ0v) is 16.2. The van der Waals surface area contributed by atoms with Gasteiger partial charge in [-0.3, -0.25) is 14.7 Å². The van der Waals surface area contributed by atoms with Gasteiger partial charge in [0, 0.05) is 37.6 Å². The van der Waals surface area contributed by atoms with Gasteiger partial charge in [-0.1, -0.05) is 11.3 Å². The van der Waals surface area contributed by atoms with Crippen molar-refractivity contribution in [3.63, 3.8) is 0 Å². The highest BCUT2D eigenvalue weighted by Gasteiger charge is 2.26. The maximum absolute atomic E-state index is 12.8. The number of carbonyl (C=O) groups is 1. The van der Waals surface area contributed by atoms with Crippen LogP contribution in [0.25, 0.3) is 5.82 Å². The van der Waals surface area contributed by atoms with Crippen molar-refractivity contribution >= 4 is 17.4 Å². The average molecular weight is 412 g/mol. The number of anilines is 1. The van der Waals surface area contributed by atoms with Crippen molar-refractivity contribution in [2.24, 2.45) is 5.10 Å². The number of nitrogens with zero attached hydrogens (tertiary/aromatic N) is 8. The minimum atomic E-state index is -0.511. The summed E-state index contributed by atoms with van der Waals surface area (Å²) in [5.74, 6) is -0.303. The fraction of sp³-hybridized carbons (Fsp3) is 0.353. The molecule has 3 aromatic heterocycles. The van der Waals surface area contributed by atoms with E-state index in [1.807, 2.05) is 6.07 Å². The molecule has 4 heterocycles. The normalized spacial score (nSPS) is 15.3. The molecule has 0 atom stereocenters. The summed E-state index contributed by atoms with van der Waals surface area (Å²) in [5, 5.41) is 19.5. The molecule has 156 valence electrons. The van der Waals surface area contributed by atoms with Gasteiger partial charge in [-0.25, -0.2) is 10.1 Å². The molecule has 3 aromatic rings. The summed E-state index contributed by atoms with van der Waals surface area (Å²) >= 11 is 0. The van der Waals surface area contributed by atoms with Crippen molar-refractivity contribution in [1.82, 2.24) is 40.6 Å². The SMILES string of the molecule is C/C(=N\NC(=O)c1nnn(-c2nonc2N)c1CN1CCOCC1)c1cccnc1. The van der Waals surface area contributed by atoms with E-state index in [4.69, 9.17) is 10.5 Å². The predicted molar refractivity (Wildman–Crippen MR) is 104 cm³/mol. The molecule has 0 unspecified atom stereocenters. The first-order valence-corrected chi connectivity index (χ1v) is 9.21. The fourth-order valence-corrected chi connectivity index (χ4v) is 2.93. The summed E-state index contributed by atoms with van der Waals surface area (Å²) in [7, 11) is 0. The zero-order chi connectivity index (χ0) is 20.9. The molecule has 0 aliphatic carbocycles. The molecule has 3 N–H and O–H groups in total. The number of nitrogens with one attached hydrogen (secondary N) is 1. The molecule has 0 saturated carbocycles. The lowest BCUT2D eigenvalue weighted by Gasteiger charge is -2.26. The number of hydrogen-bond acceptors (Lipinski definition) is 11. The molecule has 1 aliphatic rings. The minimum absolute atomic E-state index is 0.0422. The van der Waals surface area contributed by atoms with Crippen molar-refractivity contribution < 1.29 is 14.2 Å².